The van der Waals surface area contributed by atoms with Gasteiger partial charge in [0.25, 0.3) is 5.91 Å². The lowest BCUT2D eigenvalue weighted by atomic mass is 10.1. The molecule has 1 aromatic rings. The molecule has 3 nitrogen and oxygen atoms in total. The fraction of sp³-hybridized carbons (Fsp3) is 0.0909. The van der Waals surface area contributed by atoms with Crippen molar-refractivity contribution >= 4 is 29.5 Å². The largest absolute Gasteiger partial charge is 0.292 e. The highest BCUT2D eigenvalue weighted by Gasteiger charge is 2.24. The lowest BCUT2D eigenvalue weighted by Crippen LogP contribution is -2.19. The van der Waals surface area contributed by atoms with Crippen molar-refractivity contribution in [2.75, 3.05) is 0 Å². The third kappa shape index (κ3) is 1.97. The van der Waals surface area contributed by atoms with Crippen LogP contribution in [0.4, 0.5) is 4.39 Å². The molecule has 5 heteroatoms. The zero-order valence-corrected chi connectivity index (χ0v) is 8.84. The van der Waals surface area contributed by atoms with Gasteiger partial charge in [-0.1, -0.05) is 17.7 Å². The summed E-state index contributed by atoms with van der Waals surface area (Å²) < 4.78 is 13.4. The molecule has 0 aromatic heterocycles. The van der Waals surface area contributed by atoms with Crippen molar-refractivity contribution < 1.29 is 14.0 Å². The summed E-state index contributed by atoms with van der Waals surface area (Å²) in [6, 6.07) is 4.23. The summed E-state index contributed by atoms with van der Waals surface area (Å²) in [6.45, 7) is 0. The Labute approximate surface area is 95.9 Å². The van der Waals surface area contributed by atoms with Gasteiger partial charge in [0, 0.05) is 11.1 Å². The first-order valence-electron chi connectivity index (χ1n) is 4.56. The highest BCUT2D eigenvalue weighted by Crippen LogP contribution is 2.23. The first-order valence-corrected chi connectivity index (χ1v) is 4.94. The van der Waals surface area contributed by atoms with Crippen molar-refractivity contribution in [3.63, 3.8) is 0 Å². The van der Waals surface area contributed by atoms with E-state index in [1.807, 2.05) is 0 Å². The molecule has 82 valence electrons. The Morgan fingerprint density at radius 3 is 2.69 bits per heavy atom. The minimum absolute atomic E-state index is 0.0382. The van der Waals surface area contributed by atoms with Gasteiger partial charge >= 0.3 is 0 Å². The average molecular weight is 240 g/mol. The second-order valence-corrected chi connectivity index (χ2v) is 3.77. The second-order valence-electron chi connectivity index (χ2n) is 3.36. The predicted octanol–water partition coefficient (Wildman–Crippen LogP) is 1.91. The van der Waals surface area contributed by atoms with Gasteiger partial charge in [0.15, 0.2) is 0 Å². The Kier molecular flexibility index (Phi) is 2.75. The molecule has 1 aromatic carbocycles. The van der Waals surface area contributed by atoms with Crippen LogP contribution in [-0.4, -0.2) is 11.8 Å². The summed E-state index contributed by atoms with van der Waals surface area (Å²) in [4.78, 5) is 22.2. The van der Waals surface area contributed by atoms with Crippen molar-refractivity contribution in [1.82, 2.24) is 5.32 Å². The van der Waals surface area contributed by atoms with Gasteiger partial charge in [-0.25, -0.2) is 4.39 Å². The van der Waals surface area contributed by atoms with Gasteiger partial charge < -0.3 is 0 Å². The highest BCUT2D eigenvalue weighted by molar-refractivity contribution is 6.32. The van der Waals surface area contributed by atoms with Crippen LogP contribution in [0.3, 0.4) is 0 Å². The Morgan fingerprint density at radius 1 is 1.38 bits per heavy atom. The van der Waals surface area contributed by atoms with Gasteiger partial charge in [0.05, 0.1) is 11.4 Å². The molecule has 1 N–H and O–H groups in total. The van der Waals surface area contributed by atoms with E-state index in [-0.39, 0.29) is 28.5 Å². The van der Waals surface area contributed by atoms with Crippen molar-refractivity contribution in [3.8, 4) is 0 Å². The van der Waals surface area contributed by atoms with Crippen molar-refractivity contribution in [1.29, 1.82) is 0 Å². The highest BCUT2D eigenvalue weighted by atomic mass is 35.5. The maximum Gasteiger partial charge on any atom is 0.254 e. The number of halogens is 2. The van der Waals surface area contributed by atoms with E-state index in [0.717, 1.165) is 0 Å². The number of hydrogen-bond acceptors (Lipinski definition) is 2. The van der Waals surface area contributed by atoms with Crippen LogP contribution in [0.1, 0.15) is 12.0 Å². The molecule has 0 atom stereocenters. The molecular weight excluding hydrogens is 233 g/mol. The zero-order valence-electron chi connectivity index (χ0n) is 8.09. The van der Waals surface area contributed by atoms with Crippen LogP contribution < -0.4 is 5.32 Å². The van der Waals surface area contributed by atoms with E-state index in [4.69, 9.17) is 11.6 Å². The lowest BCUT2D eigenvalue weighted by Gasteiger charge is -2.00. The summed E-state index contributed by atoms with van der Waals surface area (Å²) in [6.07, 6.45) is 1.27. The monoisotopic (exact) mass is 239 g/mol. The first-order chi connectivity index (χ1) is 7.58. The molecule has 1 heterocycles. The van der Waals surface area contributed by atoms with Gasteiger partial charge in [0.2, 0.25) is 5.91 Å². The number of rotatable bonds is 1. The average Bonchev–Trinajstić information content (AvgIpc) is 2.51. The van der Waals surface area contributed by atoms with Gasteiger partial charge in [-0.2, -0.15) is 0 Å². The molecule has 16 heavy (non-hydrogen) atoms. The maximum absolute atomic E-state index is 13.4. The van der Waals surface area contributed by atoms with Gasteiger partial charge in [0.1, 0.15) is 5.82 Å². The molecule has 1 fully saturated rings. The van der Waals surface area contributed by atoms with Crippen molar-refractivity contribution in [2.24, 2.45) is 0 Å². The third-order valence-corrected chi connectivity index (χ3v) is 2.54. The molecule has 0 bridgehead atoms. The molecule has 1 aliphatic rings. The summed E-state index contributed by atoms with van der Waals surface area (Å²) in [7, 11) is 0. The van der Waals surface area contributed by atoms with Crippen LogP contribution in [0.5, 0.6) is 0 Å². The fourth-order valence-corrected chi connectivity index (χ4v) is 1.66. The molecular formula is C11H7ClFNO2. The van der Waals surface area contributed by atoms with Gasteiger partial charge in [-0.05, 0) is 18.2 Å². The summed E-state index contributed by atoms with van der Waals surface area (Å²) in [5.74, 6) is -1.40. The standard InChI is InChI=1S/C11H7ClFNO2/c12-8-2-1-3-9(13)7(8)4-6-5-10(15)14-11(6)16/h1-4H,5H2,(H,14,15,16). The molecule has 0 saturated carbocycles. The maximum atomic E-state index is 13.4. The summed E-state index contributed by atoms with van der Waals surface area (Å²) in [5.41, 5.74) is 0.348. The summed E-state index contributed by atoms with van der Waals surface area (Å²) >= 11 is 5.79. The Morgan fingerprint density at radius 2 is 2.12 bits per heavy atom. The number of nitrogens with one attached hydrogen (secondary N) is 1. The molecule has 1 aliphatic heterocycles. The number of carbonyl (C=O) groups excluding carboxylic acids is 2. The van der Waals surface area contributed by atoms with Crippen LogP contribution in [0.15, 0.2) is 23.8 Å². The molecule has 2 rings (SSSR count). The Hall–Kier alpha value is -1.68. The minimum atomic E-state index is -0.521. The van der Waals surface area contributed by atoms with E-state index in [9.17, 15) is 14.0 Å². The van der Waals surface area contributed by atoms with E-state index in [2.05, 4.69) is 5.32 Å². The first kappa shape index (κ1) is 10.8. The van der Waals surface area contributed by atoms with Gasteiger partial charge in [-0.15, -0.1) is 0 Å². The second kappa shape index (κ2) is 4.06. The van der Waals surface area contributed by atoms with E-state index < -0.39 is 11.7 Å². The molecule has 0 unspecified atom stereocenters. The topological polar surface area (TPSA) is 46.2 Å². The predicted molar refractivity (Wildman–Crippen MR) is 57.2 cm³/mol. The molecule has 0 radical (unpaired) electrons. The number of amides is 2. The number of carbonyl (C=O) groups is 2. The van der Waals surface area contributed by atoms with Crippen molar-refractivity contribution in [2.45, 2.75) is 6.42 Å². The van der Waals surface area contributed by atoms with E-state index in [1.165, 1.54) is 24.3 Å². The van der Waals surface area contributed by atoms with Crippen LogP contribution in [0.25, 0.3) is 6.08 Å². The quantitative estimate of drug-likeness (QED) is 0.601. The molecule has 0 aliphatic carbocycles. The Bertz CT molecular complexity index is 490. The minimum Gasteiger partial charge on any atom is -0.292 e. The van der Waals surface area contributed by atoms with Crippen LogP contribution in [0.2, 0.25) is 5.02 Å². The van der Waals surface area contributed by atoms with Crippen molar-refractivity contribution in [3.05, 3.63) is 40.2 Å². The van der Waals surface area contributed by atoms with Crippen LogP contribution in [-0.2, 0) is 9.59 Å². The van der Waals surface area contributed by atoms with E-state index >= 15 is 0 Å². The van der Waals surface area contributed by atoms with Crippen LogP contribution >= 0.6 is 11.6 Å². The molecule has 0 spiro atoms. The molecule has 2 amide bonds. The zero-order chi connectivity index (χ0) is 11.7. The van der Waals surface area contributed by atoms with Crippen LogP contribution in [0, 0.1) is 5.82 Å². The molecule has 1 saturated heterocycles. The lowest BCUT2D eigenvalue weighted by molar-refractivity contribution is -0.124. The number of benzene rings is 1. The summed E-state index contributed by atoms with van der Waals surface area (Å²) in [5, 5.41) is 2.32. The Balaban J connectivity index is 2.44. The number of imide groups is 1. The van der Waals surface area contributed by atoms with Gasteiger partial charge in [-0.3, -0.25) is 14.9 Å². The number of hydrogen-bond donors (Lipinski definition) is 1. The normalized spacial score (nSPS) is 18.0. The van der Waals surface area contributed by atoms with E-state index in [1.54, 1.807) is 0 Å². The smallest absolute Gasteiger partial charge is 0.254 e. The fourth-order valence-electron chi connectivity index (χ4n) is 1.44. The van der Waals surface area contributed by atoms with E-state index in [0.29, 0.717) is 0 Å². The third-order valence-electron chi connectivity index (χ3n) is 2.21. The SMILES string of the molecule is O=C1CC(=Cc2c(F)cccc2Cl)C(=O)N1.